The summed E-state index contributed by atoms with van der Waals surface area (Å²) in [7, 11) is 0. The summed E-state index contributed by atoms with van der Waals surface area (Å²) < 4.78 is 5.61. The zero-order valence-electron chi connectivity index (χ0n) is 8.20. The smallest absolute Gasteiger partial charge is 0.329 e. The van der Waals surface area contributed by atoms with Crippen LogP contribution in [0.1, 0.15) is 16.5 Å². The van der Waals surface area contributed by atoms with Gasteiger partial charge in [-0.25, -0.2) is 4.79 Å². The van der Waals surface area contributed by atoms with Gasteiger partial charge in [0.15, 0.2) is 0 Å². The minimum atomic E-state index is -0.998. The maximum absolute atomic E-state index is 10.2. The minimum Gasteiger partial charge on any atom is -0.480 e. The molecule has 1 unspecified atom stereocenters. The first-order valence-corrected chi connectivity index (χ1v) is 5.51. The molecule has 1 aromatic rings. The molecule has 4 nitrogen and oxygen atoms in total. The van der Waals surface area contributed by atoms with E-state index in [0.717, 1.165) is 10.4 Å². The number of hydrogen-bond acceptors (Lipinski definition) is 4. The lowest BCUT2D eigenvalue weighted by molar-refractivity contribution is -0.142. The Balaban J connectivity index is 2.46. The molecule has 0 aliphatic heterocycles. The molecule has 0 saturated carbocycles. The van der Waals surface area contributed by atoms with Crippen molar-refractivity contribution in [3.63, 3.8) is 0 Å². The van der Waals surface area contributed by atoms with Crippen LogP contribution >= 0.6 is 22.9 Å². The fourth-order valence-electron chi connectivity index (χ4n) is 1.02. The molecule has 1 rings (SSSR count). The molecule has 0 aromatic carbocycles. The molecular formula is C9H12ClNO3S. The van der Waals surface area contributed by atoms with E-state index < -0.39 is 5.97 Å². The number of hydrogen-bond donors (Lipinski definition) is 2. The number of carbonyl (C=O) groups is 1. The molecule has 0 aliphatic carbocycles. The van der Waals surface area contributed by atoms with Crippen LogP contribution in [-0.4, -0.2) is 24.3 Å². The second-order valence-corrected chi connectivity index (χ2v) is 4.81. The van der Waals surface area contributed by atoms with Crippen LogP contribution in [0.3, 0.4) is 0 Å². The molecule has 15 heavy (non-hydrogen) atoms. The Labute approximate surface area is 96.6 Å². The predicted octanol–water partition coefficient (Wildman–Crippen LogP) is 1.81. The average molecular weight is 250 g/mol. The third-order valence-electron chi connectivity index (χ3n) is 1.76. The van der Waals surface area contributed by atoms with Crippen LogP contribution in [0.2, 0.25) is 4.34 Å². The maximum atomic E-state index is 10.2. The van der Waals surface area contributed by atoms with Crippen LogP contribution in [0, 0.1) is 6.92 Å². The number of carboxylic acids is 1. The van der Waals surface area contributed by atoms with Crippen molar-refractivity contribution in [3.8, 4) is 0 Å². The molecule has 1 atom stereocenters. The van der Waals surface area contributed by atoms with Gasteiger partial charge in [-0.1, -0.05) is 11.6 Å². The van der Waals surface area contributed by atoms with E-state index >= 15 is 0 Å². The van der Waals surface area contributed by atoms with E-state index in [1.165, 1.54) is 11.3 Å². The Morgan fingerprint density at radius 3 is 2.93 bits per heavy atom. The molecule has 0 aliphatic rings. The van der Waals surface area contributed by atoms with Crippen molar-refractivity contribution in [2.75, 3.05) is 13.2 Å². The first-order chi connectivity index (χ1) is 7.00. The zero-order chi connectivity index (χ0) is 11.4. The van der Waals surface area contributed by atoms with E-state index in [9.17, 15) is 4.79 Å². The molecule has 0 bridgehead atoms. The van der Waals surface area contributed by atoms with E-state index in [2.05, 4.69) is 0 Å². The first kappa shape index (κ1) is 12.4. The lowest BCUT2D eigenvalue weighted by atomic mass is 10.2. The number of thiophene rings is 1. The fourth-order valence-corrected chi connectivity index (χ4v) is 2.23. The summed E-state index contributed by atoms with van der Waals surface area (Å²) in [5.41, 5.74) is 6.77. The van der Waals surface area contributed by atoms with Crippen molar-refractivity contribution in [3.05, 3.63) is 20.8 Å². The normalized spacial score (nSPS) is 12.7. The van der Waals surface area contributed by atoms with Gasteiger partial charge in [0.2, 0.25) is 0 Å². The molecule has 84 valence electrons. The molecule has 0 saturated heterocycles. The lowest BCUT2D eigenvalue weighted by Gasteiger charge is -2.08. The average Bonchev–Trinajstić information content (AvgIpc) is 2.46. The Morgan fingerprint density at radius 2 is 2.47 bits per heavy atom. The van der Waals surface area contributed by atoms with E-state index in [1.54, 1.807) is 0 Å². The summed E-state index contributed by atoms with van der Waals surface area (Å²) in [5, 5.41) is 8.36. The molecule has 0 spiro atoms. The van der Waals surface area contributed by atoms with Crippen molar-refractivity contribution in [2.24, 2.45) is 5.73 Å². The van der Waals surface area contributed by atoms with Crippen molar-refractivity contribution in [1.82, 2.24) is 0 Å². The third kappa shape index (κ3) is 3.79. The van der Waals surface area contributed by atoms with Gasteiger partial charge in [0, 0.05) is 4.88 Å². The molecule has 3 N–H and O–H groups in total. The molecule has 6 heteroatoms. The zero-order valence-corrected chi connectivity index (χ0v) is 9.77. The summed E-state index contributed by atoms with van der Waals surface area (Å²) in [6.07, 6.45) is 0. The van der Waals surface area contributed by atoms with Crippen LogP contribution in [0.4, 0.5) is 0 Å². The Morgan fingerprint density at radius 1 is 1.80 bits per heavy atom. The number of halogens is 1. The number of aryl methyl sites for hydroxylation is 1. The van der Waals surface area contributed by atoms with E-state index in [-0.39, 0.29) is 19.3 Å². The number of rotatable bonds is 5. The van der Waals surface area contributed by atoms with Gasteiger partial charge in [-0.3, -0.25) is 0 Å². The van der Waals surface area contributed by atoms with E-state index in [4.69, 9.17) is 27.2 Å². The van der Waals surface area contributed by atoms with Crippen LogP contribution in [-0.2, 0) is 9.53 Å². The molecule has 1 aromatic heterocycles. The molecule has 0 radical (unpaired) electrons. The number of carboxylic acid groups (broad SMARTS) is 1. The van der Waals surface area contributed by atoms with Gasteiger partial charge in [0.25, 0.3) is 0 Å². The second-order valence-electron chi connectivity index (χ2n) is 3.12. The van der Waals surface area contributed by atoms with Crippen molar-refractivity contribution >= 4 is 28.9 Å². The standard InChI is InChI=1S/C9H12ClNO3S/c1-5-2-7(15-9(5)10)6(11)3-14-4-8(12)13/h2,6H,3-4,11H2,1H3,(H,12,13). The number of aliphatic carboxylic acids is 1. The van der Waals surface area contributed by atoms with Gasteiger partial charge in [-0.05, 0) is 18.6 Å². The third-order valence-corrected chi connectivity index (χ3v) is 3.45. The van der Waals surface area contributed by atoms with Gasteiger partial charge in [0.05, 0.1) is 17.0 Å². The summed E-state index contributed by atoms with van der Waals surface area (Å²) in [5.74, 6) is -0.998. The number of ether oxygens (including phenoxy) is 1. The maximum Gasteiger partial charge on any atom is 0.329 e. The monoisotopic (exact) mass is 249 g/mol. The highest BCUT2D eigenvalue weighted by Gasteiger charge is 2.11. The highest BCUT2D eigenvalue weighted by molar-refractivity contribution is 7.16. The SMILES string of the molecule is Cc1cc(C(N)COCC(=O)O)sc1Cl. The fraction of sp³-hybridized carbons (Fsp3) is 0.444. The Kier molecular flexibility index (Phi) is 4.53. The van der Waals surface area contributed by atoms with Crippen molar-refractivity contribution in [1.29, 1.82) is 0 Å². The molecule has 0 fully saturated rings. The summed E-state index contributed by atoms with van der Waals surface area (Å²) >= 11 is 7.28. The summed E-state index contributed by atoms with van der Waals surface area (Å²) in [4.78, 5) is 11.1. The van der Waals surface area contributed by atoms with E-state index in [1.807, 2.05) is 13.0 Å². The van der Waals surface area contributed by atoms with Gasteiger partial charge < -0.3 is 15.6 Å². The quantitative estimate of drug-likeness (QED) is 0.835. The minimum absolute atomic E-state index is 0.183. The topological polar surface area (TPSA) is 72.5 Å². The first-order valence-electron chi connectivity index (χ1n) is 4.31. The van der Waals surface area contributed by atoms with Gasteiger partial charge in [0.1, 0.15) is 6.61 Å². The van der Waals surface area contributed by atoms with Crippen LogP contribution in [0.15, 0.2) is 6.07 Å². The summed E-state index contributed by atoms with van der Waals surface area (Å²) in [6.45, 7) is 1.75. The Hall–Kier alpha value is -0.620. The largest absolute Gasteiger partial charge is 0.480 e. The Bertz CT molecular complexity index is 334. The van der Waals surface area contributed by atoms with Crippen LogP contribution in [0.5, 0.6) is 0 Å². The molecule has 1 heterocycles. The van der Waals surface area contributed by atoms with Gasteiger partial charge in [-0.15, -0.1) is 11.3 Å². The van der Waals surface area contributed by atoms with Crippen molar-refractivity contribution in [2.45, 2.75) is 13.0 Å². The predicted molar refractivity (Wildman–Crippen MR) is 59.4 cm³/mol. The lowest BCUT2D eigenvalue weighted by Crippen LogP contribution is -2.18. The van der Waals surface area contributed by atoms with Gasteiger partial charge in [-0.2, -0.15) is 0 Å². The number of nitrogens with two attached hydrogens (primary N) is 1. The highest BCUT2D eigenvalue weighted by Crippen LogP contribution is 2.30. The second kappa shape index (κ2) is 5.46. The van der Waals surface area contributed by atoms with Crippen molar-refractivity contribution < 1.29 is 14.6 Å². The molecular weight excluding hydrogens is 238 g/mol. The summed E-state index contributed by atoms with van der Waals surface area (Å²) in [6, 6.07) is 1.57. The van der Waals surface area contributed by atoms with Gasteiger partial charge >= 0.3 is 5.97 Å². The highest BCUT2D eigenvalue weighted by atomic mass is 35.5. The molecule has 0 amide bonds. The van der Waals surface area contributed by atoms with Crippen LogP contribution in [0.25, 0.3) is 0 Å². The van der Waals surface area contributed by atoms with Crippen LogP contribution < -0.4 is 5.73 Å². The van der Waals surface area contributed by atoms with E-state index in [0.29, 0.717) is 4.34 Å².